The Bertz CT molecular complexity index is 209. The summed E-state index contributed by atoms with van der Waals surface area (Å²) in [6, 6.07) is 0.906. The van der Waals surface area contributed by atoms with Crippen LogP contribution >= 0.6 is 0 Å². The predicted octanol–water partition coefficient (Wildman–Crippen LogP) is 2.64. The zero-order chi connectivity index (χ0) is 13.4. The van der Waals surface area contributed by atoms with Gasteiger partial charge in [-0.15, -0.1) is 0 Å². The molecule has 1 saturated carbocycles. The van der Waals surface area contributed by atoms with Crippen LogP contribution in [0, 0.1) is 5.92 Å². The van der Waals surface area contributed by atoms with Gasteiger partial charge in [0.15, 0.2) is 0 Å². The lowest BCUT2D eigenvalue weighted by Crippen LogP contribution is -2.50. The zero-order valence-corrected chi connectivity index (χ0v) is 12.5. The van der Waals surface area contributed by atoms with Crippen molar-refractivity contribution in [2.24, 2.45) is 11.7 Å². The van der Waals surface area contributed by atoms with Gasteiger partial charge in [-0.25, -0.2) is 0 Å². The summed E-state index contributed by atoms with van der Waals surface area (Å²) in [5.74, 6) is 0.694. The molecule has 0 aromatic heterocycles. The summed E-state index contributed by atoms with van der Waals surface area (Å²) < 4.78 is 5.25. The summed E-state index contributed by atoms with van der Waals surface area (Å²) in [7, 11) is 1.78. The van der Waals surface area contributed by atoms with E-state index < -0.39 is 0 Å². The van der Waals surface area contributed by atoms with Gasteiger partial charge in [0.1, 0.15) is 0 Å². The first-order chi connectivity index (χ1) is 8.65. The molecule has 108 valence electrons. The number of nitrogens with zero attached hydrogens (tertiary/aromatic N) is 1. The van der Waals surface area contributed by atoms with Gasteiger partial charge in [-0.3, -0.25) is 4.90 Å². The fraction of sp³-hybridized carbons (Fsp3) is 1.00. The third kappa shape index (κ3) is 5.68. The van der Waals surface area contributed by atoms with Crippen molar-refractivity contribution >= 4 is 0 Å². The maximum Gasteiger partial charge on any atom is 0.0589 e. The van der Waals surface area contributed by atoms with Crippen molar-refractivity contribution < 1.29 is 4.74 Å². The van der Waals surface area contributed by atoms with Gasteiger partial charge in [-0.1, -0.05) is 39.5 Å². The minimum absolute atomic E-state index is 0.348. The third-order valence-electron chi connectivity index (χ3n) is 3.93. The van der Waals surface area contributed by atoms with E-state index in [0.29, 0.717) is 18.0 Å². The van der Waals surface area contributed by atoms with Crippen molar-refractivity contribution in [3.8, 4) is 0 Å². The smallest absolute Gasteiger partial charge is 0.0589 e. The normalized spacial score (nSPS) is 26.3. The average molecular weight is 256 g/mol. The van der Waals surface area contributed by atoms with Gasteiger partial charge in [0, 0.05) is 32.3 Å². The predicted molar refractivity (Wildman–Crippen MR) is 77.8 cm³/mol. The van der Waals surface area contributed by atoms with E-state index in [1.807, 2.05) is 0 Å². The number of ether oxygens (including phenoxy) is 1. The van der Waals surface area contributed by atoms with Crippen LogP contribution in [0.5, 0.6) is 0 Å². The monoisotopic (exact) mass is 256 g/mol. The highest BCUT2D eigenvalue weighted by Crippen LogP contribution is 2.21. The van der Waals surface area contributed by atoms with E-state index in [0.717, 1.165) is 19.7 Å². The van der Waals surface area contributed by atoms with E-state index in [4.69, 9.17) is 10.5 Å². The van der Waals surface area contributed by atoms with Crippen molar-refractivity contribution in [1.29, 1.82) is 0 Å². The highest BCUT2D eigenvalue weighted by molar-refractivity contribution is 4.84. The Kier molecular flexibility index (Phi) is 7.87. The van der Waals surface area contributed by atoms with E-state index in [9.17, 15) is 0 Å². The maximum absolute atomic E-state index is 6.41. The lowest BCUT2D eigenvalue weighted by Gasteiger charge is -2.37. The standard InChI is InChI=1S/C15H32N2O/c1-13(2)12-17(10-11-18-3)15-9-7-5-4-6-8-14(15)16/h13-15H,4-12,16H2,1-3H3. The summed E-state index contributed by atoms with van der Waals surface area (Å²) in [6.07, 6.45) is 7.83. The van der Waals surface area contributed by atoms with Gasteiger partial charge in [0.25, 0.3) is 0 Å². The Balaban J connectivity index is 2.59. The number of hydrogen-bond acceptors (Lipinski definition) is 3. The van der Waals surface area contributed by atoms with E-state index in [1.54, 1.807) is 7.11 Å². The van der Waals surface area contributed by atoms with E-state index in [2.05, 4.69) is 18.7 Å². The molecule has 0 aromatic carbocycles. The van der Waals surface area contributed by atoms with Gasteiger partial charge >= 0.3 is 0 Å². The molecule has 0 spiro atoms. The minimum Gasteiger partial charge on any atom is -0.383 e. The van der Waals surface area contributed by atoms with Crippen molar-refractivity contribution in [1.82, 2.24) is 4.90 Å². The Morgan fingerprint density at radius 1 is 1.17 bits per heavy atom. The Hall–Kier alpha value is -0.120. The van der Waals surface area contributed by atoms with Crippen LogP contribution in [0.2, 0.25) is 0 Å². The Morgan fingerprint density at radius 3 is 2.44 bits per heavy atom. The van der Waals surface area contributed by atoms with Crippen LogP contribution in [0.3, 0.4) is 0 Å². The fourth-order valence-electron chi connectivity index (χ4n) is 3.02. The molecule has 1 aliphatic carbocycles. The number of rotatable bonds is 6. The molecular weight excluding hydrogens is 224 g/mol. The molecule has 3 heteroatoms. The van der Waals surface area contributed by atoms with Crippen LogP contribution in [0.4, 0.5) is 0 Å². The minimum atomic E-state index is 0.348. The SMILES string of the molecule is COCCN(CC(C)C)C1CCCCCCC1N. The molecule has 0 bridgehead atoms. The van der Waals surface area contributed by atoms with Crippen molar-refractivity contribution in [3.63, 3.8) is 0 Å². The van der Waals surface area contributed by atoms with E-state index >= 15 is 0 Å². The summed E-state index contributed by atoms with van der Waals surface area (Å²) in [5, 5.41) is 0. The lowest BCUT2D eigenvalue weighted by molar-refractivity contribution is 0.0887. The molecule has 0 amide bonds. The molecular formula is C15H32N2O. The molecule has 0 aliphatic heterocycles. The van der Waals surface area contributed by atoms with Crippen molar-refractivity contribution in [2.45, 2.75) is 64.5 Å². The topological polar surface area (TPSA) is 38.5 Å². The van der Waals surface area contributed by atoms with Gasteiger partial charge in [0.2, 0.25) is 0 Å². The van der Waals surface area contributed by atoms with Gasteiger partial charge in [-0.05, 0) is 18.8 Å². The second-order valence-corrected chi connectivity index (χ2v) is 6.10. The number of hydrogen-bond donors (Lipinski definition) is 1. The molecule has 2 unspecified atom stereocenters. The van der Waals surface area contributed by atoms with E-state index in [-0.39, 0.29) is 0 Å². The van der Waals surface area contributed by atoms with Gasteiger partial charge < -0.3 is 10.5 Å². The van der Waals surface area contributed by atoms with E-state index in [1.165, 1.54) is 38.5 Å². The second kappa shape index (κ2) is 8.89. The van der Waals surface area contributed by atoms with Crippen LogP contribution in [0.1, 0.15) is 52.4 Å². The lowest BCUT2D eigenvalue weighted by atomic mass is 9.91. The molecule has 18 heavy (non-hydrogen) atoms. The molecule has 1 aliphatic rings. The first-order valence-corrected chi connectivity index (χ1v) is 7.63. The first-order valence-electron chi connectivity index (χ1n) is 7.63. The second-order valence-electron chi connectivity index (χ2n) is 6.10. The molecule has 2 atom stereocenters. The molecule has 0 heterocycles. The maximum atomic E-state index is 6.41. The zero-order valence-electron chi connectivity index (χ0n) is 12.5. The molecule has 0 saturated heterocycles. The van der Waals surface area contributed by atoms with Crippen LogP contribution < -0.4 is 5.73 Å². The summed E-state index contributed by atoms with van der Waals surface area (Å²) in [4.78, 5) is 2.57. The Morgan fingerprint density at radius 2 is 1.83 bits per heavy atom. The molecule has 0 aromatic rings. The van der Waals surface area contributed by atoms with Crippen LogP contribution in [0.25, 0.3) is 0 Å². The first kappa shape index (κ1) is 15.9. The molecule has 0 radical (unpaired) electrons. The molecule has 3 nitrogen and oxygen atoms in total. The van der Waals surface area contributed by atoms with Gasteiger partial charge in [-0.2, -0.15) is 0 Å². The highest BCUT2D eigenvalue weighted by Gasteiger charge is 2.25. The summed E-state index contributed by atoms with van der Waals surface area (Å²) in [5.41, 5.74) is 6.41. The van der Waals surface area contributed by atoms with Crippen LogP contribution in [0.15, 0.2) is 0 Å². The van der Waals surface area contributed by atoms with Crippen LogP contribution in [-0.4, -0.2) is 43.8 Å². The number of methoxy groups -OCH3 is 1. The van der Waals surface area contributed by atoms with Crippen molar-refractivity contribution in [3.05, 3.63) is 0 Å². The largest absolute Gasteiger partial charge is 0.383 e. The third-order valence-corrected chi connectivity index (χ3v) is 3.93. The summed E-state index contributed by atoms with van der Waals surface area (Å²) >= 11 is 0. The molecule has 1 rings (SSSR count). The Labute approximate surface area is 113 Å². The molecule has 2 N–H and O–H groups in total. The average Bonchev–Trinajstić information content (AvgIpc) is 2.30. The molecule has 1 fully saturated rings. The van der Waals surface area contributed by atoms with Crippen molar-refractivity contribution in [2.75, 3.05) is 26.8 Å². The quantitative estimate of drug-likeness (QED) is 0.794. The number of nitrogens with two attached hydrogens (primary N) is 1. The summed E-state index contributed by atoms with van der Waals surface area (Å²) in [6.45, 7) is 7.55. The fourth-order valence-corrected chi connectivity index (χ4v) is 3.02. The van der Waals surface area contributed by atoms with Gasteiger partial charge in [0.05, 0.1) is 6.61 Å². The van der Waals surface area contributed by atoms with Crippen LogP contribution in [-0.2, 0) is 4.74 Å². The highest BCUT2D eigenvalue weighted by atomic mass is 16.5.